The molecule has 2 nitrogen and oxygen atoms in total. The highest BCUT2D eigenvalue weighted by molar-refractivity contribution is 8.00. The number of rotatable bonds is 4. The zero-order valence-corrected chi connectivity index (χ0v) is 14.4. The Balaban J connectivity index is 2.08. The van der Waals surface area contributed by atoms with E-state index in [4.69, 9.17) is 11.6 Å². The van der Waals surface area contributed by atoms with Gasteiger partial charge >= 0.3 is 0 Å². The van der Waals surface area contributed by atoms with Gasteiger partial charge in [-0.1, -0.05) is 31.5 Å². The largest absolute Gasteiger partial charge is 0.369 e. The van der Waals surface area contributed by atoms with Crippen molar-refractivity contribution in [3.63, 3.8) is 0 Å². The van der Waals surface area contributed by atoms with E-state index in [1.807, 2.05) is 0 Å². The lowest BCUT2D eigenvalue weighted by atomic mass is 10.1. The predicted octanol–water partition coefficient (Wildman–Crippen LogP) is 4.17. The average Bonchev–Trinajstić information content (AvgIpc) is 2.36. The maximum atomic E-state index is 6.43. The Morgan fingerprint density at radius 3 is 2.75 bits per heavy atom. The maximum absolute atomic E-state index is 6.43. The summed E-state index contributed by atoms with van der Waals surface area (Å²) in [5, 5.41) is 4.28. The molecule has 1 aromatic carbocycles. The second kappa shape index (κ2) is 6.59. The van der Waals surface area contributed by atoms with E-state index in [1.165, 1.54) is 17.0 Å². The summed E-state index contributed by atoms with van der Waals surface area (Å²) in [5.41, 5.74) is 2.42. The Morgan fingerprint density at radius 1 is 1.40 bits per heavy atom. The van der Waals surface area contributed by atoms with Crippen LogP contribution in [0.5, 0.6) is 0 Å². The maximum Gasteiger partial charge on any atom is 0.0471 e. The third-order valence-corrected chi connectivity index (χ3v) is 5.18. The molecule has 1 heterocycles. The molecular weight excluding hydrogens is 288 g/mol. The Hall–Kier alpha value is -0.380. The van der Waals surface area contributed by atoms with Gasteiger partial charge in [-0.25, -0.2) is 0 Å². The number of nitrogens with one attached hydrogen (secondary N) is 1. The first kappa shape index (κ1) is 16.0. The predicted molar refractivity (Wildman–Crippen MR) is 92.2 cm³/mol. The molecule has 0 unspecified atom stereocenters. The van der Waals surface area contributed by atoms with Crippen molar-refractivity contribution in [2.45, 2.75) is 45.0 Å². The van der Waals surface area contributed by atoms with Gasteiger partial charge in [0, 0.05) is 46.9 Å². The van der Waals surface area contributed by atoms with E-state index >= 15 is 0 Å². The van der Waals surface area contributed by atoms with Gasteiger partial charge in [0.25, 0.3) is 0 Å². The molecule has 1 N–H and O–H groups in total. The normalized spacial score (nSPS) is 18.6. The number of anilines is 1. The molecule has 0 aromatic heterocycles. The summed E-state index contributed by atoms with van der Waals surface area (Å²) in [6, 6.07) is 6.95. The van der Waals surface area contributed by atoms with Crippen molar-refractivity contribution >= 4 is 29.1 Å². The zero-order chi connectivity index (χ0) is 14.8. The van der Waals surface area contributed by atoms with Crippen LogP contribution in [-0.2, 0) is 6.54 Å². The number of halogens is 1. The third-order valence-electron chi connectivity index (χ3n) is 3.53. The topological polar surface area (TPSA) is 15.3 Å². The van der Waals surface area contributed by atoms with Crippen molar-refractivity contribution in [3.05, 3.63) is 28.8 Å². The first-order valence-electron chi connectivity index (χ1n) is 7.28. The van der Waals surface area contributed by atoms with Gasteiger partial charge in [0.05, 0.1) is 0 Å². The fourth-order valence-electron chi connectivity index (χ4n) is 2.43. The van der Waals surface area contributed by atoms with E-state index in [1.54, 1.807) is 0 Å². The van der Waals surface area contributed by atoms with E-state index in [-0.39, 0.29) is 0 Å². The molecule has 0 amide bonds. The molecule has 0 aliphatic carbocycles. The lowest BCUT2D eigenvalue weighted by Crippen LogP contribution is -2.43. The van der Waals surface area contributed by atoms with E-state index < -0.39 is 0 Å². The molecule has 1 aliphatic heterocycles. The molecule has 0 atom stereocenters. The smallest absolute Gasteiger partial charge is 0.0471 e. The van der Waals surface area contributed by atoms with E-state index in [9.17, 15) is 0 Å². The SMILES string of the molecule is CC(C)NCc1ccc(N2CCSC(C)(C)C2)cc1Cl. The number of thioether (sulfide) groups is 1. The van der Waals surface area contributed by atoms with Crippen LogP contribution < -0.4 is 10.2 Å². The summed E-state index contributed by atoms with van der Waals surface area (Å²) in [7, 11) is 0. The van der Waals surface area contributed by atoms with Crippen molar-refractivity contribution in [1.29, 1.82) is 0 Å². The van der Waals surface area contributed by atoms with Crippen molar-refractivity contribution in [2.24, 2.45) is 0 Å². The highest BCUT2D eigenvalue weighted by Crippen LogP contribution is 2.33. The molecule has 0 spiro atoms. The average molecular weight is 313 g/mol. The number of hydrogen-bond donors (Lipinski definition) is 1. The molecule has 1 saturated heterocycles. The van der Waals surface area contributed by atoms with Gasteiger partial charge < -0.3 is 10.2 Å². The second-order valence-electron chi connectivity index (χ2n) is 6.34. The molecule has 0 bridgehead atoms. The Bertz CT molecular complexity index is 460. The lowest BCUT2D eigenvalue weighted by Gasteiger charge is -2.39. The van der Waals surface area contributed by atoms with Crippen LogP contribution in [0.4, 0.5) is 5.69 Å². The first-order valence-corrected chi connectivity index (χ1v) is 8.64. The Labute approximate surface area is 132 Å². The summed E-state index contributed by atoms with van der Waals surface area (Å²) in [6.45, 7) is 11.9. The van der Waals surface area contributed by atoms with Gasteiger partial charge in [0.1, 0.15) is 0 Å². The van der Waals surface area contributed by atoms with Crippen LogP contribution in [0, 0.1) is 0 Å². The molecule has 0 radical (unpaired) electrons. The van der Waals surface area contributed by atoms with Crippen LogP contribution in [0.1, 0.15) is 33.3 Å². The van der Waals surface area contributed by atoms with Crippen LogP contribution in [-0.4, -0.2) is 29.6 Å². The van der Waals surface area contributed by atoms with Crippen LogP contribution in [0.3, 0.4) is 0 Å². The molecule has 20 heavy (non-hydrogen) atoms. The van der Waals surface area contributed by atoms with Crippen LogP contribution in [0.25, 0.3) is 0 Å². The second-order valence-corrected chi connectivity index (χ2v) is 8.55. The van der Waals surface area contributed by atoms with Crippen molar-refractivity contribution in [1.82, 2.24) is 5.32 Å². The lowest BCUT2D eigenvalue weighted by molar-refractivity contribution is 0.589. The summed E-state index contributed by atoms with van der Waals surface area (Å²) in [6.07, 6.45) is 0. The standard InChI is InChI=1S/C16H25ClN2S/c1-12(2)18-10-13-5-6-14(9-15(13)17)19-7-8-20-16(3,4)11-19/h5-6,9,12,18H,7-8,10-11H2,1-4H3. The van der Waals surface area contributed by atoms with Gasteiger partial charge in [0.15, 0.2) is 0 Å². The first-order chi connectivity index (χ1) is 9.37. The quantitative estimate of drug-likeness (QED) is 0.898. The number of benzene rings is 1. The van der Waals surface area contributed by atoms with Crippen LogP contribution >= 0.6 is 23.4 Å². The minimum absolute atomic E-state index is 0.322. The van der Waals surface area contributed by atoms with E-state index in [2.05, 4.69) is 67.9 Å². The molecule has 1 fully saturated rings. The Morgan fingerprint density at radius 2 is 2.15 bits per heavy atom. The minimum atomic E-state index is 0.322. The van der Waals surface area contributed by atoms with E-state index in [0.29, 0.717) is 10.8 Å². The summed E-state index contributed by atoms with van der Waals surface area (Å²) in [5.74, 6) is 1.18. The highest BCUT2D eigenvalue weighted by atomic mass is 35.5. The van der Waals surface area contributed by atoms with Gasteiger partial charge in [-0.05, 0) is 31.5 Å². The summed E-state index contributed by atoms with van der Waals surface area (Å²) < 4.78 is 0.322. The summed E-state index contributed by atoms with van der Waals surface area (Å²) in [4.78, 5) is 2.45. The molecule has 1 aliphatic rings. The highest BCUT2D eigenvalue weighted by Gasteiger charge is 2.27. The third kappa shape index (κ3) is 4.31. The van der Waals surface area contributed by atoms with Crippen molar-refractivity contribution < 1.29 is 0 Å². The van der Waals surface area contributed by atoms with Crippen molar-refractivity contribution in [3.8, 4) is 0 Å². The summed E-state index contributed by atoms with van der Waals surface area (Å²) >= 11 is 8.48. The monoisotopic (exact) mass is 312 g/mol. The van der Waals surface area contributed by atoms with Crippen molar-refractivity contribution in [2.75, 3.05) is 23.7 Å². The molecule has 4 heteroatoms. The number of nitrogens with zero attached hydrogens (tertiary/aromatic N) is 1. The Kier molecular flexibility index (Phi) is 5.27. The van der Waals surface area contributed by atoms with Gasteiger partial charge in [-0.2, -0.15) is 11.8 Å². The molecule has 0 saturated carbocycles. The molecule has 112 valence electrons. The van der Waals surface area contributed by atoms with Crippen LogP contribution in [0.2, 0.25) is 5.02 Å². The van der Waals surface area contributed by atoms with E-state index in [0.717, 1.165) is 24.7 Å². The zero-order valence-electron chi connectivity index (χ0n) is 12.9. The van der Waals surface area contributed by atoms with Crippen LogP contribution in [0.15, 0.2) is 18.2 Å². The molecular formula is C16H25ClN2S. The van der Waals surface area contributed by atoms with Gasteiger partial charge in [-0.15, -0.1) is 0 Å². The van der Waals surface area contributed by atoms with Gasteiger partial charge in [0.2, 0.25) is 0 Å². The number of hydrogen-bond acceptors (Lipinski definition) is 3. The fraction of sp³-hybridized carbons (Fsp3) is 0.625. The fourth-order valence-corrected chi connectivity index (χ4v) is 3.78. The molecule has 1 aromatic rings. The van der Waals surface area contributed by atoms with Gasteiger partial charge in [-0.3, -0.25) is 0 Å². The molecule has 2 rings (SSSR count). The minimum Gasteiger partial charge on any atom is -0.369 e.